The number of hydrogen-bond donors (Lipinski definition) is 1. The molecule has 0 spiro atoms. The van der Waals surface area contributed by atoms with Crippen LogP contribution < -0.4 is 0 Å². The van der Waals surface area contributed by atoms with E-state index >= 15 is 0 Å². The van der Waals surface area contributed by atoms with Gasteiger partial charge in [-0.3, -0.25) is 0 Å². The van der Waals surface area contributed by atoms with Crippen molar-refractivity contribution < 1.29 is 5.11 Å². The lowest BCUT2D eigenvalue weighted by Gasteiger charge is -1.63. The Hall–Kier alpha value is 0.540. The molecule has 0 heterocycles. The van der Waals surface area contributed by atoms with Gasteiger partial charge in [0.15, 0.2) is 0 Å². The number of aliphatic hydroxyl groups excluding tert-OH is 1. The smallest absolute Gasteiger partial charge is 0.0359 e. The third-order valence-electron chi connectivity index (χ3n) is 0.0714. The third kappa shape index (κ3) is 24.0. The van der Waals surface area contributed by atoms with Crippen LogP contribution in [0.25, 0.3) is 0 Å². The van der Waals surface area contributed by atoms with Crippen molar-refractivity contribution in [3.63, 3.8) is 0 Å². The summed E-state index contributed by atoms with van der Waals surface area (Å²) in [5.74, 6) is 1.11. The van der Waals surface area contributed by atoms with Gasteiger partial charge in [-0.2, -0.15) is 0 Å². The van der Waals surface area contributed by atoms with Crippen LogP contribution in [0.5, 0.6) is 0 Å². The lowest BCUT2D eigenvalue weighted by atomic mass is 11.0. The number of rotatable bonds is 1. The summed E-state index contributed by atoms with van der Waals surface area (Å²) in [6.45, 7) is 0. The molecule has 0 amide bonds. The highest BCUT2D eigenvalue weighted by Crippen LogP contribution is 1.75. The largest absolute Gasteiger partial charge is 0.400 e. The highest BCUT2D eigenvalue weighted by molar-refractivity contribution is 6.25. The summed E-state index contributed by atoms with van der Waals surface area (Å²) in [7, 11) is 1.00. The minimum absolute atomic E-state index is 0.557. The summed E-state index contributed by atoms with van der Waals surface area (Å²) in [5.41, 5.74) is 0. The first kappa shape index (κ1) is 9.74. The van der Waals surface area contributed by atoms with Crippen molar-refractivity contribution in [1.82, 2.24) is 0 Å². The first-order valence-corrected chi connectivity index (χ1v) is 2.55. The molecule has 0 fully saturated rings. The molecule has 0 bridgehead atoms. The maximum absolute atomic E-state index is 7.00. The monoisotopic (exact) mass is 130 g/mol. The second-order valence-electron chi connectivity index (χ2n) is 0.378. The van der Waals surface area contributed by atoms with Gasteiger partial charge in [-0.1, -0.05) is 0 Å². The Morgan fingerprint density at radius 1 is 1.17 bits per heavy atom. The van der Waals surface area contributed by atoms with Crippen molar-refractivity contribution >= 4 is 23.2 Å². The molecule has 0 aliphatic carbocycles. The van der Waals surface area contributed by atoms with Crippen LogP contribution in [0.4, 0.5) is 0 Å². The number of hydrogen-bond acceptors (Lipinski definition) is 1. The number of halogens is 2. The van der Waals surface area contributed by atoms with Crippen LogP contribution in [-0.4, -0.2) is 24.0 Å². The predicted octanol–water partition coefficient (Wildman–Crippen LogP) is 1.07. The molecule has 6 heavy (non-hydrogen) atoms. The summed E-state index contributed by atoms with van der Waals surface area (Å²) >= 11 is 10.1. The molecular weight excluding hydrogens is 123 g/mol. The van der Waals surface area contributed by atoms with Crippen molar-refractivity contribution in [3.05, 3.63) is 0 Å². The van der Waals surface area contributed by atoms with E-state index in [0.717, 1.165) is 7.11 Å². The molecule has 0 atom stereocenters. The van der Waals surface area contributed by atoms with Crippen LogP contribution in [-0.2, 0) is 0 Å². The first-order valence-electron chi connectivity index (χ1n) is 1.48. The Labute approximate surface area is 47.9 Å². The molecule has 1 N–H and O–H groups in total. The van der Waals surface area contributed by atoms with Gasteiger partial charge in [0.2, 0.25) is 0 Å². The van der Waals surface area contributed by atoms with E-state index in [4.69, 9.17) is 28.3 Å². The van der Waals surface area contributed by atoms with Crippen LogP contribution in [0.1, 0.15) is 0 Å². The summed E-state index contributed by atoms with van der Waals surface area (Å²) in [6.07, 6.45) is 0. The lowest BCUT2D eigenvalue weighted by molar-refractivity contribution is 0.399. The van der Waals surface area contributed by atoms with Crippen LogP contribution in [0.2, 0.25) is 0 Å². The van der Waals surface area contributed by atoms with Gasteiger partial charge < -0.3 is 5.11 Å². The molecule has 0 saturated heterocycles. The average Bonchev–Trinajstić information content (AvgIpc) is 1.72. The molecule has 0 unspecified atom stereocenters. The number of alkyl halides is 2. The molecular formula is C3H8Cl2O. The normalized spacial score (nSPS) is 6.00. The standard InChI is InChI=1S/C2H4Cl2.CH4O/c3-1-2-4;1-2/h1-2H2;2H,1H3. The van der Waals surface area contributed by atoms with Crippen molar-refractivity contribution in [3.8, 4) is 0 Å². The van der Waals surface area contributed by atoms with Crippen LogP contribution in [0.3, 0.4) is 0 Å². The maximum Gasteiger partial charge on any atom is 0.0359 e. The third-order valence-corrected chi connectivity index (χ3v) is 0.643. The fraction of sp³-hybridized carbons (Fsp3) is 1.00. The Morgan fingerprint density at radius 2 is 1.33 bits per heavy atom. The van der Waals surface area contributed by atoms with Gasteiger partial charge in [0.1, 0.15) is 0 Å². The highest BCUT2D eigenvalue weighted by atomic mass is 35.5. The Bertz CT molecular complexity index is 10.8. The second-order valence-corrected chi connectivity index (χ2v) is 1.13. The van der Waals surface area contributed by atoms with Crippen molar-refractivity contribution in [2.45, 2.75) is 0 Å². The highest BCUT2D eigenvalue weighted by Gasteiger charge is 1.61. The Balaban J connectivity index is 0. The fourth-order valence-corrected chi connectivity index (χ4v) is 0. The summed E-state index contributed by atoms with van der Waals surface area (Å²) in [4.78, 5) is 0. The van der Waals surface area contributed by atoms with Gasteiger partial charge in [0.05, 0.1) is 0 Å². The molecule has 0 radical (unpaired) electrons. The average molecular weight is 131 g/mol. The van der Waals surface area contributed by atoms with E-state index in [1.165, 1.54) is 0 Å². The lowest BCUT2D eigenvalue weighted by Crippen LogP contribution is -1.63. The first-order chi connectivity index (χ1) is 2.91. The van der Waals surface area contributed by atoms with E-state index in [-0.39, 0.29) is 0 Å². The molecule has 3 heteroatoms. The quantitative estimate of drug-likeness (QED) is 0.527. The van der Waals surface area contributed by atoms with Gasteiger partial charge in [-0.15, -0.1) is 23.2 Å². The van der Waals surface area contributed by atoms with Crippen molar-refractivity contribution in [2.75, 3.05) is 18.9 Å². The molecule has 0 aliphatic heterocycles. The predicted molar refractivity (Wildman–Crippen MR) is 29.6 cm³/mol. The fourth-order valence-electron chi connectivity index (χ4n) is 0. The van der Waals surface area contributed by atoms with Crippen LogP contribution >= 0.6 is 23.2 Å². The van der Waals surface area contributed by atoms with E-state index in [9.17, 15) is 0 Å². The molecule has 0 aromatic carbocycles. The zero-order valence-corrected chi connectivity index (χ0v) is 5.13. The van der Waals surface area contributed by atoms with Gasteiger partial charge in [0.25, 0.3) is 0 Å². The van der Waals surface area contributed by atoms with E-state index in [2.05, 4.69) is 0 Å². The topological polar surface area (TPSA) is 20.2 Å². The van der Waals surface area contributed by atoms with Crippen molar-refractivity contribution in [1.29, 1.82) is 0 Å². The Morgan fingerprint density at radius 3 is 1.33 bits per heavy atom. The maximum atomic E-state index is 7.00. The van der Waals surface area contributed by atoms with Crippen molar-refractivity contribution in [2.24, 2.45) is 0 Å². The molecule has 0 aliphatic rings. The molecule has 0 saturated carbocycles. The SMILES string of the molecule is CO.ClCCCl. The zero-order chi connectivity index (χ0) is 5.41. The van der Waals surface area contributed by atoms with Gasteiger partial charge >= 0.3 is 0 Å². The van der Waals surface area contributed by atoms with Gasteiger partial charge in [0, 0.05) is 18.9 Å². The molecule has 1 nitrogen and oxygen atoms in total. The summed E-state index contributed by atoms with van der Waals surface area (Å²) in [5, 5.41) is 7.00. The van der Waals surface area contributed by atoms with Gasteiger partial charge in [-0.05, 0) is 0 Å². The van der Waals surface area contributed by atoms with Gasteiger partial charge in [-0.25, -0.2) is 0 Å². The molecule has 0 aromatic heterocycles. The zero-order valence-electron chi connectivity index (χ0n) is 3.62. The van der Waals surface area contributed by atoms with E-state index in [1.807, 2.05) is 0 Å². The molecule has 40 valence electrons. The van der Waals surface area contributed by atoms with E-state index < -0.39 is 0 Å². The van der Waals surface area contributed by atoms with Crippen LogP contribution in [0, 0.1) is 0 Å². The van der Waals surface area contributed by atoms with Crippen LogP contribution in [0.15, 0.2) is 0 Å². The summed E-state index contributed by atoms with van der Waals surface area (Å²) in [6, 6.07) is 0. The molecule has 0 rings (SSSR count). The minimum Gasteiger partial charge on any atom is -0.400 e. The minimum atomic E-state index is 0.557. The van der Waals surface area contributed by atoms with E-state index in [0.29, 0.717) is 11.8 Å². The molecule has 0 aromatic rings. The second kappa shape index (κ2) is 17.7. The summed E-state index contributed by atoms with van der Waals surface area (Å²) < 4.78 is 0. The number of aliphatic hydroxyl groups is 1. The Kier molecular flexibility index (Phi) is 28.7. The van der Waals surface area contributed by atoms with E-state index in [1.54, 1.807) is 0 Å².